The smallest absolute Gasteiger partial charge is 0.244 e. The predicted octanol–water partition coefficient (Wildman–Crippen LogP) is 0.407. The van der Waals surface area contributed by atoms with Gasteiger partial charge in [-0.2, -0.15) is 0 Å². The molecule has 0 aromatic carbocycles. The Labute approximate surface area is 137 Å². The summed E-state index contributed by atoms with van der Waals surface area (Å²) in [6, 6.07) is 2.20. The number of nitrogens with zero attached hydrogens (tertiary/aromatic N) is 5. The number of hydrogen-bond acceptors (Lipinski definition) is 7. The van der Waals surface area contributed by atoms with Crippen LogP contribution in [0, 0.1) is 0 Å². The molecule has 0 aliphatic carbocycles. The van der Waals surface area contributed by atoms with Crippen LogP contribution < -0.4 is 5.73 Å². The lowest BCUT2D eigenvalue weighted by Crippen LogP contribution is -2.48. The van der Waals surface area contributed by atoms with Crippen LogP contribution in [0.5, 0.6) is 0 Å². The second-order valence-corrected chi connectivity index (χ2v) is 6.86. The fraction of sp³-hybridized carbons (Fsp3) is 0.571. The van der Waals surface area contributed by atoms with Gasteiger partial charge in [-0.05, 0) is 46.7 Å². The summed E-state index contributed by atoms with van der Waals surface area (Å²) in [5.74, 6) is 0.145. The van der Waals surface area contributed by atoms with Gasteiger partial charge in [0.05, 0.1) is 6.61 Å². The average Bonchev–Trinajstić information content (AvgIpc) is 3.19. The number of rotatable bonds is 2. The van der Waals surface area contributed by atoms with E-state index in [0.29, 0.717) is 13.1 Å². The van der Waals surface area contributed by atoms with Crippen LogP contribution in [0.15, 0.2) is 11.4 Å². The van der Waals surface area contributed by atoms with Crippen LogP contribution in [0.4, 0.5) is 5.95 Å². The molecule has 0 atom stereocenters. The van der Waals surface area contributed by atoms with Crippen molar-refractivity contribution < 1.29 is 9.53 Å². The molecule has 8 nitrogen and oxygen atoms in total. The summed E-state index contributed by atoms with van der Waals surface area (Å²) in [5, 5.41) is 12.9. The molecular weight excluding hydrogens is 316 g/mol. The summed E-state index contributed by atoms with van der Waals surface area (Å²) in [6.07, 6.45) is 2.65. The molecule has 2 aromatic heterocycles. The second kappa shape index (κ2) is 5.57. The molecule has 2 aliphatic heterocycles. The fourth-order valence-corrected chi connectivity index (χ4v) is 4.56. The third kappa shape index (κ3) is 2.49. The molecule has 1 fully saturated rings. The van der Waals surface area contributed by atoms with E-state index in [1.165, 1.54) is 15.1 Å². The molecule has 0 unspecified atom stereocenters. The number of carbonyl (C=O) groups is 1. The van der Waals surface area contributed by atoms with E-state index < -0.39 is 0 Å². The normalized spacial score (nSPS) is 19.7. The number of fused-ring (bicyclic) bond motifs is 2. The molecule has 2 aliphatic rings. The van der Waals surface area contributed by atoms with Crippen molar-refractivity contribution in [3.63, 3.8) is 0 Å². The Morgan fingerprint density at radius 2 is 2.26 bits per heavy atom. The van der Waals surface area contributed by atoms with Gasteiger partial charge in [0.2, 0.25) is 11.9 Å². The largest absolute Gasteiger partial charge is 0.369 e. The molecule has 0 radical (unpaired) electrons. The van der Waals surface area contributed by atoms with Gasteiger partial charge in [0.1, 0.15) is 12.1 Å². The van der Waals surface area contributed by atoms with Gasteiger partial charge >= 0.3 is 0 Å². The summed E-state index contributed by atoms with van der Waals surface area (Å²) in [7, 11) is 0. The van der Waals surface area contributed by atoms with Crippen LogP contribution in [-0.4, -0.2) is 50.7 Å². The van der Waals surface area contributed by atoms with E-state index in [2.05, 4.69) is 27.0 Å². The number of nitrogens with two attached hydrogens (primary N) is 1. The number of carbonyl (C=O) groups excluding carboxylic acids is 1. The highest BCUT2D eigenvalue weighted by atomic mass is 32.1. The molecule has 9 heteroatoms. The van der Waals surface area contributed by atoms with Crippen LogP contribution in [-0.2, 0) is 28.1 Å². The van der Waals surface area contributed by atoms with E-state index >= 15 is 0 Å². The number of likely N-dealkylation sites (tertiary alicyclic amines) is 1. The van der Waals surface area contributed by atoms with E-state index in [1.807, 2.05) is 4.90 Å². The van der Waals surface area contributed by atoms with Crippen molar-refractivity contribution in [1.29, 1.82) is 0 Å². The monoisotopic (exact) mass is 334 g/mol. The number of tetrazole rings is 1. The van der Waals surface area contributed by atoms with Gasteiger partial charge in [-0.3, -0.25) is 4.79 Å². The molecule has 2 aromatic rings. The van der Waals surface area contributed by atoms with E-state index in [-0.39, 0.29) is 24.0 Å². The number of amides is 1. The first kappa shape index (κ1) is 14.6. The zero-order chi connectivity index (χ0) is 15.9. The van der Waals surface area contributed by atoms with Crippen molar-refractivity contribution in [3.8, 4) is 0 Å². The lowest BCUT2D eigenvalue weighted by atomic mass is 9.85. The SMILES string of the molecule is Nc1nnnn1CC(=O)N1CCC2(CC1)OCCc1ccsc12. The molecule has 4 heterocycles. The van der Waals surface area contributed by atoms with Gasteiger partial charge < -0.3 is 15.4 Å². The summed E-state index contributed by atoms with van der Waals surface area (Å²) < 4.78 is 7.48. The van der Waals surface area contributed by atoms with Gasteiger partial charge in [0.25, 0.3) is 0 Å². The van der Waals surface area contributed by atoms with Crippen molar-refractivity contribution in [3.05, 3.63) is 21.9 Å². The van der Waals surface area contributed by atoms with E-state index in [0.717, 1.165) is 25.9 Å². The maximum Gasteiger partial charge on any atom is 0.244 e. The third-order valence-corrected chi connectivity index (χ3v) is 5.82. The van der Waals surface area contributed by atoms with Crippen LogP contribution in [0.2, 0.25) is 0 Å². The van der Waals surface area contributed by atoms with Gasteiger partial charge in [-0.15, -0.1) is 11.3 Å². The molecule has 0 saturated carbocycles. The first-order valence-corrected chi connectivity index (χ1v) is 8.56. The molecule has 1 spiro atoms. The maximum absolute atomic E-state index is 12.4. The van der Waals surface area contributed by atoms with Crippen LogP contribution in [0.25, 0.3) is 0 Å². The lowest BCUT2D eigenvalue weighted by Gasteiger charge is -2.43. The summed E-state index contributed by atoms with van der Waals surface area (Å²) in [4.78, 5) is 15.6. The number of thiophene rings is 1. The highest BCUT2D eigenvalue weighted by molar-refractivity contribution is 7.10. The van der Waals surface area contributed by atoms with Crippen molar-refractivity contribution in [1.82, 2.24) is 25.1 Å². The Kier molecular flexibility index (Phi) is 3.53. The highest BCUT2D eigenvalue weighted by Crippen LogP contribution is 2.44. The number of piperidine rings is 1. The molecule has 122 valence electrons. The Hall–Kier alpha value is -2.00. The van der Waals surface area contributed by atoms with Gasteiger partial charge in [-0.25, -0.2) is 4.68 Å². The Balaban J connectivity index is 1.44. The second-order valence-electron chi connectivity index (χ2n) is 5.94. The zero-order valence-electron chi connectivity index (χ0n) is 12.6. The molecule has 4 rings (SSSR count). The molecular formula is C14H18N6O2S. The minimum Gasteiger partial charge on any atom is -0.369 e. The van der Waals surface area contributed by atoms with Crippen molar-refractivity contribution >= 4 is 23.2 Å². The molecule has 1 amide bonds. The first-order valence-electron chi connectivity index (χ1n) is 7.68. The number of ether oxygens (including phenoxy) is 1. The molecule has 1 saturated heterocycles. The molecule has 23 heavy (non-hydrogen) atoms. The molecule has 2 N–H and O–H groups in total. The standard InChI is InChI=1S/C14H18N6O2S/c15-13-16-17-18-20(13)9-11(21)19-5-3-14(4-6-19)12-10(1-7-22-14)2-8-23-12/h2,8H,1,3-7,9H2,(H2,15,16,18). The predicted molar refractivity (Wildman–Crippen MR) is 83.7 cm³/mol. The summed E-state index contributed by atoms with van der Waals surface area (Å²) in [5.41, 5.74) is 6.81. The van der Waals surface area contributed by atoms with Gasteiger partial charge in [0, 0.05) is 18.0 Å². The number of aromatic nitrogens is 4. The van der Waals surface area contributed by atoms with Crippen LogP contribution in [0.3, 0.4) is 0 Å². The Morgan fingerprint density at radius 3 is 3.00 bits per heavy atom. The van der Waals surface area contributed by atoms with Crippen molar-refractivity contribution in [2.75, 3.05) is 25.4 Å². The maximum atomic E-state index is 12.4. The van der Waals surface area contributed by atoms with Crippen molar-refractivity contribution in [2.24, 2.45) is 0 Å². The summed E-state index contributed by atoms with van der Waals surface area (Å²) >= 11 is 1.77. The lowest BCUT2D eigenvalue weighted by molar-refractivity contribution is -0.141. The van der Waals surface area contributed by atoms with E-state index in [4.69, 9.17) is 10.5 Å². The van der Waals surface area contributed by atoms with Gasteiger partial charge in [-0.1, -0.05) is 5.10 Å². The van der Waals surface area contributed by atoms with Gasteiger partial charge in [0.15, 0.2) is 0 Å². The van der Waals surface area contributed by atoms with E-state index in [1.54, 1.807) is 11.3 Å². The Bertz CT molecular complexity index is 718. The topological polar surface area (TPSA) is 99.2 Å². The number of hydrogen-bond donors (Lipinski definition) is 1. The highest BCUT2D eigenvalue weighted by Gasteiger charge is 2.42. The molecule has 0 bridgehead atoms. The quantitative estimate of drug-likeness (QED) is 0.854. The third-order valence-electron chi connectivity index (χ3n) is 4.68. The minimum absolute atomic E-state index is 0.0129. The van der Waals surface area contributed by atoms with Crippen molar-refractivity contribution in [2.45, 2.75) is 31.4 Å². The fourth-order valence-electron chi connectivity index (χ4n) is 3.40. The van der Waals surface area contributed by atoms with Crippen LogP contribution in [0.1, 0.15) is 23.3 Å². The van der Waals surface area contributed by atoms with Crippen LogP contribution >= 0.6 is 11.3 Å². The number of nitrogen functional groups attached to an aromatic ring is 1. The summed E-state index contributed by atoms with van der Waals surface area (Å²) in [6.45, 7) is 2.20. The van der Waals surface area contributed by atoms with E-state index in [9.17, 15) is 4.79 Å². The Morgan fingerprint density at radius 1 is 1.43 bits per heavy atom. The minimum atomic E-state index is -0.202. The zero-order valence-corrected chi connectivity index (χ0v) is 13.5. The number of anilines is 1. The average molecular weight is 334 g/mol. The first-order chi connectivity index (χ1) is 11.2.